The number of anilines is 1. The van der Waals surface area contributed by atoms with Crippen LogP contribution in [0.5, 0.6) is 5.88 Å². The van der Waals surface area contributed by atoms with Crippen molar-refractivity contribution >= 4 is 27.7 Å². The summed E-state index contributed by atoms with van der Waals surface area (Å²) in [6, 6.07) is 11.0. The van der Waals surface area contributed by atoms with Crippen LogP contribution in [0.3, 0.4) is 0 Å². The van der Waals surface area contributed by atoms with Crippen molar-refractivity contribution in [1.82, 2.24) is 4.98 Å². The van der Waals surface area contributed by atoms with Gasteiger partial charge in [-0.05, 0) is 27.6 Å². The van der Waals surface area contributed by atoms with E-state index in [0.717, 1.165) is 5.56 Å². The minimum absolute atomic E-state index is 0.211. The van der Waals surface area contributed by atoms with Crippen LogP contribution in [0.2, 0.25) is 0 Å². The van der Waals surface area contributed by atoms with E-state index in [2.05, 4.69) is 20.9 Å². The van der Waals surface area contributed by atoms with Gasteiger partial charge in [0.05, 0.1) is 19.3 Å². The zero-order valence-corrected chi connectivity index (χ0v) is 13.8. The van der Waals surface area contributed by atoms with E-state index in [-0.39, 0.29) is 13.2 Å². The molecule has 0 spiro atoms. The van der Waals surface area contributed by atoms with Crippen LogP contribution in [-0.4, -0.2) is 35.4 Å². The quantitative estimate of drug-likeness (QED) is 0.883. The number of carboxylic acid groups (broad SMARTS) is 1. The Morgan fingerprint density at radius 3 is 2.96 bits per heavy atom. The molecule has 23 heavy (non-hydrogen) atoms. The van der Waals surface area contributed by atoms with Crippen molar-refractivity contribution in [3.05, 3.63) is 52.6 Å². The maximum absolute atomic E-state index is 11.6. The molecule has 0 fully saturated rings. The molecule has 2 heterocycles. The monoisotopic (exact) mass is 378 g/mol. The van der Waals surface area contributed by atoms with Crippen LogP contribution >= 0.6 is 15.9 Å². The number of benzene rings is 1. The van der Waals surface area contributed by atoms with Gasteiger partial charge in [-0.3, -0.25) is 4.90 Å². The second-order valence-electron chi connectivity index (χ2n) is 5.10. The number of carbonyl (C=O) groups is 1. The largest absolute Gasteiger partial charge is 0.474 e. The van der Waals surface area contributed by atoms with E-state index < -0.39 is 12.1 Å². The van der Waals surface area contributed by atoms with Crippen molar-refractivity contribution < 1.29 is 19.4 Å². The van der Waals surface area contributed by atoms with E-state index >= 15 is 0 Å². The molecule has 0 radical (unpaired) electrons. The molecule has 0 bridgehead atoms. The summed E-state index contributed by atoms with van der Waals surface area (Å²) in [4.78, 5) is 17.0. The lowest BCUT2D eigenvalue weighted by atomic mass is 10.2. The number of halogens is 1. The van der Waals surface area contributed by atoms with Crippen molar-refractivity contribution in [3.8, 4) is 5.88 Å². The summed E-state index contributed by atoms with van der Waals surface area (Å²) in [5, 5.41) is 9.53. The number of hydrogen-bond donors (Lipinski definition) is 1. The standard InChI is InChI=1S/C16H15BrN2O4/c17-12-6-14-15(18-7-12)23-10-13(19(14)16(20)21)9-22-8-11-4-2-1-3-5-11/h1-7,13H,8-10H2,(H,20,21). The summed E-state index contributed by atoms with van der Waals surface area (Å²) in [6.45, 7) is 0.879. The highest BCUT2D eigenvalue weighted by Crippen LogP contribution is 2.34. The fraction of sp³-hybridized carbons (Fsp3) is 0.250. The number of ether oxygens (including phenoxy) is 2. The molecule has 0 aliphatic carbocycles. The predicted octanol–water partition coefficient (Wildman–Crippen LogP) is 3.31. The lowest BCUT2D eigenvalue weighted by Gasteiger charge is -2.34. The van der Waals surface area contributed by atoms with Gasteiger partial charge < -0.3 is 14.6 Å². The Bertz CT molecular complexity index is 696. The highest BCUT2D eigenvalue weighted by atomic mass is 79.9. The van der Waals surface area contributed by atoms with Gasteiger partial charge in [0.2, 0.25) is 5.88 Å². The summed E-state index contributed by atoms with van der Waals surface area (Å²) in [6.07, 6.45) is 0.521. The Morgan fingerprint density at radius 1 is 1.43 bits per heavy atom. The zero-order valence-electron chi connectivity index (χ0n) is 12.2. The van der Waals surface area contributed by atoms with Crippen molar-refractivity contribution in [2.75, 3.05) is 18.1 Å². The first kappa shape index (κ1) is 15.8. The first-order valence-corrected chi connectivity index (χ1v) is 7.86. The van der Waals surface area contributed by atoms with Crippen molar-refractivity contribution in [2.45, 2.75) is 12.6 Å². The van der Waals surface area contributed by atoms with Crippen molar-refractivity contribution in [2.24, 2.45) is 0 Å². The molecule has 1 unspecified atom stereocenters. The highest BCUT2D eigenvalue weighted by molar-refractivity contribution is 9.10. The van der Waals surface area contributed by atoms with Crippen molar-refractivity contribution in [1.29, 1.82) is 0 Å². The molecule has 1 aliphatic heterocycles. The van der Waals surface area contributed by atoms with Crippen LogP contribution in [0.15, 0.2) is 47.1 Å². The molecule has 1 aromatic carbocycles. The average Bonchev–Trinajstić information content (AvgIpc) is 2.55. The van der Waals surface area contributed by atoms with Gasteiger partial charge in [0.1, 0.15) is 12.3 Å². The Hall–Kier alpha value is -2.12. The topological polar surface area (TPSA) is 71.9 Å². The molecule has 1 amide bonds. The van der Waals surface area contributed by atoms with Gasteiger partial charge in [-0.2, -0.15) is 0 Å². The first-order valence-electron chi connectivity index (χ1n) is 7.07. The van der Waals surface area contributed by atoms with E-state index in [4.69, 9.17) is 9.47 Å². The predicted molar refractivity (Wildman–Crippen MR) is 87.8 cm³/mol. The fourth-order valence-electron chi connectivity index (χ4n) is 2.42. The second kappa shape index (κ2) is 6.97. The van der Waals surface area contributed by atoms with E-state index in [0.29, 0.717) is 22.6 Å². The van der Waals surface area contributed by atoms with Gasteiger partial charge in [0.25, 0.3) is 0 Å². The van der Waals surface area contributed by atoms with Crippen LogP contribution in [0.1, 0.15) is 5.56 Å². The van der Waals surface area contributed by atoms with Gasteiger partial charge in [0, 0.05) is 10.7 Å². The number of pyridine rings is 1. The first-order chi connectivity index (χ1) is 11.1. The van der Waals surface area contributed by atoms with Crippen molar-refractivity contribution in [3.63, 3.8) is 0 Å². The van der Waals surface area contributed by atoms with E-state index in [1.807, 2.05) is 30.3 Å². The second-order valence-corrected chi connectivity index (χ2v) is 6.01. The summed E-state index contributed by atoms with van der Waals surface area (Å²) in [7, 11) is 0. The molecule has 2 aromatic rings. The SMILES string of the molecule is O=C(O)N1c2cc(Br)cnc2OCC1COCc1ccccc1. The zero-order chi connectivity index (χ0) is 16.2. The number of fused-ring (bicyclic) bond motifs is 1. The molecule has 6 nitrogen and oxygen atoms in total. The Morgan fingerprint density at radius 2 is 2.22 bits per heavy atom. The lowest BCUT2D eigenvalue weighted by molar-refractivity contribution is 0.0842. The molecular weight excluding hydrogens is 364 g/mol. The highest BCUT2D eigenvalue weighted by Gasteiger charge is 2.33. The molecule has 1 N–H and O–H groups in total. The van der Waals surface area contributed by atoms with Gasteiger partial charge in [-0.1, -0.05) is 30.3 Å². The molecule has 3 rings (SSSR count). The van der Waals surface area contributed by atoms with Crippen LogP contribution in [0, 0.1) is 0 Å². The normalized spacial score (nSPS) is 16.6. The molecule has 1 aliphatic rings. The minimum atomic E-state index is -1.05. The number of aromatic nitrogens is 1. The van der Waals surface area contributed by atoms with Crippen LogP contribution in [-0.2, 0) is 11.3 Å². The number of nitrogens with zero attached hydrogens (tertiary/aromatic N) is 2. The molecule has 0 saturated heterocycles. The van der Waals surface area contributed by atoms with Crippen LogP contribution in [0.4, 0.5) is 10.5 Å². The summed E-state index contributed by atoms with van der Waals surface area (Å²) >= 11 is 3.30. The van der Waals surface area contributed by atoms with Crippen LogP contribution in [0.25, 0.3) is 0 Å². The third-order valence-corrected chi connectivity index (χ3v) is 3.90. The molecule has 0 saturated carbocycles. The third kappa shape index (κ3) is 3.62. The molecule has 1 aromatic heterocycles. The van der Waals surface area contributed by atoms with Crippen LogP contribution < -0.4 is 9.64 Å². The Balaban J connectivity index is 1.71. The number of rotatable bonds is 4. The summed E-state index contributed by atoms with van der Waals surface area (Å²) in [5.41, 5.74) is 1.46. The van der Waals surface area contributed by atoms with E-state index in [1.165, 1.54) is 4.90 Å². The maximum atomic E-state index is 11.6. The average molecular weight is 379 g/mol. The van der Waals surface area contributed by atoms with E-state index in [9.17, 15) is 9.90 Å². The molecule has 120 valence electrons. The molecular formula is C16H15BrN2O4. The summed E-state index contributed by atoms with van der Waals surface area (Å²) in [5.74, 6) is 0.315. The molecule has 1 atom stereocenters. The van der Waals surface area contributed by atoms with E-state index in [1.54, 1.807) is 12.3 Å². The minimum Gasteiger partial charge on any atom is -0.474 e. The van der Waals surface area contributed by atoms with Gasteiger partial charge in [-0.15, -0.1) is 0 Å². The Labute approximate surface area is 141 Å². The number of hydrogen-bond acceptors (Lipinski definition) is 4. The maximum Gasteiger partial charge on any atom is 0.412 e. The summed E-state index contributed by atoms with van der Waals surface area (Å²) < 4.78 is 11.9. The lowest BCUT2D eigenvalue weighted by Crippen LogP contribution is -2.49. The van der Waals surface area contributed by atoms with Gasteiger partial charge in [0.15, 0.2) is 0 Å². The van der Waals surface area contributed by atoms with Gasteiger partial charge in [-0.25, -0.2) is 9.78 Å². The Kier molecular flexibility index (Phi) is 4.78. The number of amides is 1. The third-order valence-electron chi connectivity index (χ3n) is 3.46. The smallest absolute Gasteiger partial charge is 0.412 e. The fourth-order valence-corrected chi connectivity index (χ4v) is 2.73. The molecule has 7 heteroatoms. The van der Waals surface area contributed by atoms with Gasteiger partial charge >= 0.3 is 6.09 Å².